The van der Waals surface area contributed by atoms with Crippen LogP contribution in [-0.2, 0) is 32.4 Å². The Balaban J connectivity index is 1.85. The van der Waals surface area contributed by atoms with Crippen LogP contribution in [0.4, 0.5) is 10.1 Å². The van der Waals surface area contributed by atoms with E-state index in [1.807, 2.05) is 42.5 Å². The van der Waals surface area contributed by atoms with E-state index >= 15 is 0 Å². The normalized spacial score (nSPS) is 18.1. The highest BCUT2D eigenvalue weighted by atomic mass is 32.2. The van der Waals surface area contributed by atoms with Crippen LogP contribution in [0, 0.1) is 11.2 Å². The maximum atomic E-state index is 13.6. The Morgan fingerprint density at radius 1 is 1.00 bits per heavy atom. The Morgan fingerprint density at radius 3 is 2.34 bits per heavy atom. The lowest BCUT2D eigenvalue weighted by molar-refractivity contribution is -0.155. The fraction of sp³-hybridized carbons (Fsp3) is 0.240. The summed E-state index contributed by atoms with van der Waals surface area (Å²) in [6.45, 7) is 1.86. The van der Waals surface area contributed by atoms with Gasteiger partial charge in [0, 0.05) is 0 Å². The molecule has 5 nitrogen and oxygen atoms in total. The predicted octanol–water partition coefficient (Wildman–Crippen LogP) is 4.37. The zero-order valence-electron chi connectivity index (χ0n) is 17.7. The number of fused-ring (bicyclic) bond motifs is 1. The fourth-order valence-electron chi connectivity index (χ4n) is 4.23. The van der Waals surface area contributed by atoms with Gasteiger partial charge in [0.15, 0.2) is 0 Å². The fourth-order valence-corrected chi connectivity index (χ4v) is 5.82. The molecular weight excluding hydrogens is 429 g/mol. The van der Waals surface area contributed by atoms with E-state index < -0.39 is 27.2 Å². The van der Waals surface area contributed by atoms with Gasteiger partial charge >= 0.3 is 5.97 Å². The lowest BCUT2D eigenvalue weighted by Gasteiger charge is -2.42. The molecular formula is C25H24FNO4S. The number of benzene rings is 3. The molecule has 1 heterocycles. The van der Waals surface area contributed by atoms with E-state index in [-0.39, 0.29) is 18.0 Å². The first-order chi connectivity index (χ1) is 15.4. The van der Waals surface area contributed by atoms with Crippen LogP contribution in [0.15, 0.2) is 83.8 Å². The molecule has 0 N–H and O–H groups in total. The van der Waals surface area contributed by atoms with Crippen molar-refractivity contribution < 1.29 is 22.3 Å². The van der Waals surface area contributed by atoms with Crippen LogP contribution in [0.1, 0.15) is 18.1 Å². The van der Waals surface area contributed by atoms with E-state index in [1.54, 1.807) is 19.1 Å². The third-order valence-electron chi connectivity index (χ3n) is 5.73. The Hall–Kier alpha value is -3.19. The second kappa shape index (κ2) is 8.74. The van der Waals surface area contributed by atoms with Gasteiger partial charge in [0.2, 0.25) is 0 Å². The van der Waals surface area contributed by atoms with Crippen LogP contribution in [-0.4, -0.2) is 27.5 Å². The number of carbonyl (C=O) groups excluding carboxylic acids is 1. The summed E-state index contributed by atoms with van der Waals surface area (Å²) in [6.07, 6.45) is 0.683. The topological polar surface area (TPSA) is 63.7 Å². The minimum Gasteiger partial charge on any atom is -0.465 e. The molecule has 0 aromatic heterocycles. The van der Waals surface area contributed by atoms with Crippen LogP contribution in [0.3, 0.4) is 0 Å². The van der Waals surface area contributed by atoms with E-state index in [0.717, 1.165) is 23.3 Å². The van der Waals surface area contributed by atoms with Gasteiger partial charge in [-0.15, -0.1) is 0 Å². The molecule has 0 fully saturated rings. The van der Waals surface area contributed by atoms with E-state index in [0.29, 0.717) is 18.5 Å². The molecule has 0 amide bonds. The second-order valence-electron chi connectivity index (χ2n) is 7.93. The smallest absolute Gasteiger partial charge is 0.314 e. The molecule has 32 heavy (non-hydrogen) atoms. The minimum absolute atomic E-state index is 0.0342. The average Bonchev–Trinajstić information content (AvgIpc) is 2.79. The molecule has 3 aromatic carbocycles. The molecule has 7 heteroatoms. The highest BCUT2D eigenvalue weighted by Gasteiger charge is 2.48. The van der Waals surface area contributed by atoms with Crippen LogP contribution in [0.5, 0.6) is 0 Å². The Bertz CT molecular complexity index is 1210. The quantitative estimate of drug-likeness (QED) is 0.520. The number of para-hydroxylation sites is 1. The van der Waals surface area contributed by atoms with Crippen LogP contribution in [0.25, 0.3) is 0 Å². The van der Waals surface area contributed by atoms with E-state index in [9.17, 15) is 17.6 Å². The van der Waals surface area contributed by atoms with Crippen molar-refractivity contribution in [2.75, 3.05) is 17.5 Å². The molecule has 1 aliphatic heterocycles. The lowest BCUT2D eigenvalue weighted by atomic mass is 9.74. The van der Waals surface area contributed by atoms with Crippen LogP contribution < -0.4 is 4.31 Å². The van der Waals surface area contributed by atoms with E-state index in [2.05, 4.69) is 0 Å². The molecule has 0 radical (unpaired) electrons. The van der Waals surface area contributed by atoms with Gasteiger partial charge < -0.3 is 4.74 Å². The maximum absolute atomic E-state index is 13.6. The summed E-state index contributed by atoms with van der Waals surface area (Å²) in [6, 6.07) is 21.4. The van der Waals surface area contributed by atoms with Crippen molar-refractivity contribution in [3.05, 3.63) is 95.8 Å². The summed E-state index contributed by atoms with van der Waals surface area (Å²) in [4.78, 5) is 13.3. The summed E-state index contributed by atoms with van der Waals surface area (Å²) in [7, 11) is -4.05. The molecule has 0 saturated carbocycles. The van der Waals surface area contributed by atoms with E-state index in [1.165, 1.54) is 16.4 Å². The predicted molar refractivity (Wildman–Crippen MR) is 120 cm³/mol. The first-order valence-electron chi connectivity index (χ1n) is 10.4. The molecule has 1 aliphatic rings. The van der Waals surface area contributed by atoms with Crippen molar-refractivity contribution >= 4 is 21.7 Å². The van der Waals surface area contributed by atoms with Gasteiger partial charge in [0.25, 0.3) is 10.0 Å². The number of anilines is 1. The molecule has 0 saturated heterocycles. The average molecular weight is 454 g/mol. The highest BCUT2D eigenvalue weighted by molar-refractivity contribution is 7.92. The molecule has 4 rings (SSSR count). The molecule has 1 atom stereocenters. The maximum Gasteiger partial charge on any atom is 0.314 e. The first-order valence-corrected chi connectivity index (χ1v) is 11.9. The van der Waals surface area contributed by atoms with Crippen molar-refractivity contribution in [1.29, 1.82) is 0 Å². The largest absolute Gasteiger partial charge is 0.465 e. The Kier molecular flexibility index (Phi) is 6.02. The standard InChI is InChI=1S/C25H24FNO4S/c1-2-31-24(28)25(16-19-8-4-3-5-9-19)17-20-10-6-7-11-23(20)27(18-25)32(29,30)22-14-12-21(26)13-15-22/h3-15H,2,16-18H2,1H3. The molecule has 0 spiro atoms. The van der Waals surface area contributed by atoms with Crippen molar-refractivity contribution in [3.8, 4) is 0 Å². The monoisotopic (exact) mass is 453 g/mol. The summed E-state index contributed by atoms with van der Waals surface area (Å²) in [5.41, 5.74) is 1.08. The zero-order valence-corrected chi connectivity index (χ0v) is 18.5. The van der Waals surface area contributed by atoms with E-state index in [4.69, 9.17) is 4.74 Å². The number of nitrogens with zero attached hydrogens (tertiary/aromatic N) is 1. The van der Waals surface area contributed by atoms with Gasteiger partial charge in [0.1, 0.15) is 5.82 Å². The number of ether oxygens (including phenoxy) is 1. The summed E-state index contributed by atoms with van der Waals surface area (Å²) in [5, 5.41) is 0. The van der Waals surface area contributed by atoms with Gasteiger partial charge in [-0.25, -0.2) is 12.8 Å². The summed E-state index contributed by atoms with van der Waals surface area (Å²) >= 11 is 0. The number of esters is 1. The molecule has 0 bridgehead atoms. The number of carbonyl (C=O) groups is 1. The molecule has 166 valence electrons. The van der Waals surface area contributed by atoms with Crippen molar-refractivity contribution in [1.82, 2.24) is 0 Å². The van der Waals surface area contributed by atoms with Crippen molar-refractivity contribution in [3.63, 3.8) is 0 Å². The second-order valence-corrected chi connectivity index (χ2v) is 9.80. The number of halogens is 1. The molecule has 3 aromatic rings. The molecule has 1 unspecified atom stereocenters. The third-order valence-corrected chi connectivity index (χ3v) is 7.50. The van der Waals surface area contributed by atoms with Crippen molar-refractivity contribution in [2.45, 2.75) is 24.7 Å². The van der Waals surface area contributed by atoms with Gasteiger partial charge in [-0.2, -0.15) is 0 Å². The Morgan fingerprint density at radius 2 is 1.66 bits per heavy atom. The number of sulfonamides is 1. The number of hydrogen-bond acceptors (Lipinski definition) is 4. The molecule has 0 aliphatic carbocycles. The van der Waals surface area contributed by atoms with Crippen LogP contribution >= 0.6 is 0 Å². The number of hydrogen-bond donors (Lipinski definition) is 0. The van der Waals surface area contributed by atoms with Crippen LogP contribution in [0.2, 0.25) is 0 Å². The SMILES string of the molecule is CCOC(=O)C1(Cc2ccccc2)Cc2ccccc2N(S(=O)(=O)c2ccc(F)cc2)C1. The Labute approximate surface area is 187 Å². The van der Waals surface area contributed by atoms with Gasteiger partial charge in [0.05, 0.1) is 29.1 Å². The highest BCUT2D eigenvalue weighted by Crippen LogP contribution is 2.42. The first kappa shape index (κ1) is 22.0. The lowest BCUT2D eigenvalue weighted by Crippen LogP contribution is -2.52. The van der Waals surface area contributed by atoms with Gasteiger partial charge in [-0.3, -0.25) is 9.10 Å². The third kappa shape index (κ3) is 4.12. The number of rotatable bonds is 6. The summed E-state index contributed by atoms with van der Waals surface area (Å²) < 4.78 is 47.4. The van der Waals surface area contributed by atoms with Gasteiger partial charge in [-0.05, 0) is 61.2 Å². The minimum atomic E-state index is -4.05. The zero-order chi connectivity index (χ0) is 22.8. The summed E-state index contributed by atoms with van der Waals surface area (Å²) in [5.74, 6) is -0.953. The van der Waals surface area contributed by atoms with Gasteiger partial charge in [-0.1, -0.05) is 48.5 Å². The van der Waals surface area contributed by atoms with Crippen molar-refractivity contribution in [2.24, 2.45) is 5.41 Å².